The van der Waals surface area contributed by atoms with Crippen LogP contribution in [0.3, 0.4) is 0 Å². The maximum Gasteiger partial charge on any atom is 0.0821 e. The van der Waals surface area contributed by atoms with Crippen molar-refractivity contribution >= 4 is 0 Å². The lowest BCUT2D eigenvalue weighted by Gasteiger charge is -2.23. The lowest BCUT2D eigenvalue weighted by molar-refractivity contribution is -0.870. The van der Waals surface area contributed by atoms with Gasteiger partial charge in [0.2, 0.25) is 0 Å². The average molecular weight is 178 g/mol. The Morgan fingerprint density at radius 1 is 1.15 bits per heavy atom. The van der Waals surface area contributed by atoms with Gasteiger partial charge in [-0.15, -0.1) is 0 Å². The van der Waals surface area contributed by atoms with Crippen LogP contribution < -0.4 is 0 Å². The Kier molecular flexibility index (Phi) is 3.10. The average Bonchev–Trinajstić information content (AvgIpc) is 2.00. The van der Waals surface area contributed by atoms with E-state index in [2.05, 4.69) is 52.3 Å². The molecule has 1 heteroatoms. The van der Waals surface area contributed by atoms with Crippen LogP contribution in [0.4, 0.5) is 0 Å². The number of benzene rings is 1. The number of hydrogen-bond donors (Lipinski definition) is 0. The molecule has 0 aliphatic rings. The van der Waals surface area contributed by atoms with Crippen LogP contribution in [0.5, 0.6) is 0 Å². The van der Waals surface area contributed by atoms with Gasteiger partial charge in [0.05, 0.1) is 27.7 Å². The van der Waals surface area contributed by atoms with Crippen molar-refractivity contribution < 1.29 is 4.48 Å². The molecule has 1 nitrogen and oxygen atoms in total. The zero-order valence-corrected chi connectivity index (χ0v) is 9.17. The van der Waals surface area contributed by atoms with Gasteiger partial charge in [-0.2, -0.15) is 0 Å². The minimum absolute atomic E-state index is 1.04. The number of nitrogens with zero attached hydrogens (tertiary/aromatic N) is 1. The summed E-state index contributed by atoms with van der Waals surface area (Å²) in [5.41, 5.74) is 2.81. The number of rotatable bonds is 3. The molecule has 0 spiro atoms. The predicted molar refractivity (Wildman–Crippen MR) is 57.8 cm³/mol. The first-order valence-electron chi connectivity index (χ1n) is 4.83. The molecule has 1 rings (SSSR count). The molecule has 13 heavy (non-hydrogen) atoms. The molecule has 0 atom stereocenters. The lowest BCUT2D eigenvalue weighted by atomic mass is 10.1. The second-order valence-electron chi connectivity index (χ2n) is 4.75. The van der Waals surface area contributed by atoms with Crippen LogP contribution in [0, 0.1) is 6.92 Å². The first-order valence-corrected chi connectivity index (χ1v) is 4.83. The van der Waals surface area contributed by atoms with Gasteiger partial charge in [-0.1, -0.05) is 29.8 Å². The van der Waals surface area contributed by atoms with Crippen molar-refractivity contribution in [1.82, 2.24) is 0 Å². The minimum Gasteiger partial charge on any atom is -0.331 e. The van der Waals surface area contributed by atoms with E-state index < -0.39 is 0 Å². The van der Waals surface area contributed by atoms with E-state index in [0.29, 0.717) is 0 Å². The third-order valence-electron chi connectivity index (χ3n) is 2.15. The fourth-order valence-corrected chi connectivity index (χ4v) is 1.33. The summed E-state index contributed by atoms with van der Waals surface area (Å²) >= 11 is 0. The summed E-state index contributed by atoms with van der Waals surface area (Å²) in [7, 11) is 6.70. The van der Waals surface area contributed by atoms with Gasteiger partial charge in [0, 0.05) is 6.42 Å². The largest absolute Gasteiger partial charge is 0.331 e. The topological polar surface area (TPSA) is 0 Å². The quantitative estimate of drug-likeness (QED) is 0.623. The number of likely N-dealkylation sites (N-methyl/N-ethyl adjacent to an activating group) is 1. The van der Waals surface area contributed by atoms with Crippen LogP contribution in [0.25, 0.3) is 0 Å². The molecule has 0 fully saturated rings. The molecular formula is C12H20N+. The van der Waals surface area contributed by atoms with Gasteiger partial charge in [0.1, 0.15) is 0 Å². The molecule has 0 heterocycles. The molecule has 0 amide bonds. The second kappa shape index (κ2) is 3.93. The molecule has 0 N–H and O–H groups in total. The molecule has 0 radical (unpaired) electrons. The van der Waals surface area contributed by atoms with Crippen molar-refractivity contribution in [1.29, 1.82) is 0 Å². The normalized spacial score (nSPS) is 11.7. The van der Waals surface area contributed by atoms with Crippen LogP contribution in [0.1, 0.15) is 11.1 Å². The van der Waals surface area contributed by atoms with E-state index in [1.165, 1.54) is 24.1 Å². The van der Waals surface area contributed by atoms with Gasteiger partial charge in [-0.05, 0) is 12.5 Å². The Morgan fingerprint density at radius 2 is 1.85 bits per heavy atom. The molecule has 0 saturated heterocycles. The molecule has 0 aromatic heterocycles. The summed E-state index contributed by atoms with van der Waals surface area (Å²) < 4.78 is 1.04. The van der Waals surface area contributed by atoms with E-state index in [0.717, 1.165) is 4.48 Å². The lowest BCUT2D eigenvalue weighted by Crippen LogP contribution is -2.36. The SMILES string of the molecule is Cc1cccc(CC[N+](C)(C)C)c1. The van der Waals surface area contributed by atoms with Gasteiger partial charge >= 0.3 is 0 Å². The van der Waals surface area contributed by atoms with Crippen molar-refractivity contribution in [3.05, 3.63) is 35.4 Å². The Hall–Kier alpha value is -0.820. The summed E-state index contributed by atoms with van der Waals surface area (Å²) in [5.74, 6) is 0. The van der Waals surface area contributed by atoms with Gasteiger partial charge in [-0.25, -0.2) is 0 Å². The molecule has 0 bridgehead atoms. The molecular weight excluding hydrogens is 158 g/mol. The Labute approximate surface area is 81.6 Å². The Morgan fingerprint density at radius 3 is 2.38 bits per heavy atom. The fraction of sp³-hybridized carbons (Fsp3) is 0.500. The summed E-state index contributed by atoms with van der Waals surface area (Å²) in [6.07, 6.45) is 1.17. The number of hydrogen-bond acceptors (Lipinski definition) is 0. The zero-order valence-electron chi connectivity index (χ0n) is 9.17. The first kappa shape index (κ1) is 10.3. The van der Waals surface area contributed by atoms with Gasteiger partial charge in [0.25, 0.3) is 0 Å². The van der Waals surface area contributed by atoms with E-state index in [9.17, 15) is 0 Å². The van der Waals surface area contributed by atoms with Crippen LogP contribution in [0.15, 0.2) is 24.3 Å². The highest BCUT2D eigenvalue weighted by atomic mass is 15.3. The van der Waals surface area contributed by atoms with Gasteiger partial charge in [-0.3, -0.25) is 0 Å². The smallest absolute Gasteiger partial charge is 0.0821 e. The third-order valence-corrected chi connectivity index (χ3v) is 2.15. The van der Waals surface area contributed by atoms with Gasteiger partial charge < -0.3 is 4.48 Å². The molecule has 72 valence electrons. The molecule has 0 aliphatic carbocycles. The monoisotopic (exact) mass is 178 g/mol. The molecule has 0 aliphatic heterocycles. The number of quaternary nitrogens is 1. The summed E-state index contributed by atoms with van der Waals surface area (Å²) in [4.78, 5) is 0. The van der Waals surface area contributed by atoms with Crippen LogP contribution >= 0.6 is 0 Å². The molecule has 0 saturated carbocycles. The van der Waals surface area contributed by atoms with E-state index >= 15 is 0 Å². The predicted octanol–water partition coefficient (Wildman–Crippen LogP) is 2.24. The van der Waals surface area contributed by atoms with Crippen molar-refractivity contribution in [3.63, 3.8) is 0 Å². The minimum atomic E-state index is 1.04. The van der Waals surface area contributed by atoms with Gasteiger partial charge in [0.15, 0.2) is 0 Å². The van der Waals surface area contributed by atoms with Crippen molar-refractivity contribution in [2.24, 2.45) is 0 Å². The standard InChI is InChI=1S/C12H20N/c1-11-6-5-7-12(10-11)8-9-13(2,3)4/h5-7,10H,8-9H2,1-4H3/q+1. The number of aryl methyl sites for hydroxylation is 1. The summed E-state index contributed by atoms with van der Waals surface area (Å²) in [6, 6.07) is 8.77. The molecule has 0 unspecified atom stereocenters. The highest BCUT2D eigenvalue weighted by molar-refractivity contribution is 5.22. The first-order chi connectivity index (χ1) is 5.97. The fourth-order valence-electron chi connectivity index (χ4n) is 1.33. The van der Waals surface area contributed by atoms with E-state index in [4.69, 9.17) is 0 Å². The second-order valence-corrected chi connectivity index (χ2v) is 4.75. The maximum atomic E-state index is 2.27. The van der Waals surface area contributed by atoms with Crippen molar-refractivity contribution in [3.8, 4) is 0 Å². The highest BCUT2D eigenvalue weighted by Gasteiger charge is 2.06. The van der Waals surface area contributed by atoms with Crippen LogP contribution in [-0.4, -0.2) is 32.2 Å². The van der Waals surface area contributed by atoms with Crippen LogP contribution in [-0.2, 0) is 6.42 Å². The van der Waals surface area contributed by atoms with E-state index in [1.54, 1.807) is 0 Å². The van der Waals surface area contributed by atoms with Crippen molar-refractivity contribution in [2.45, 2.75) is 13.3 Å². The van der Waals surface area contributed by atoms with Crippen LogP contribution in [0.2, 0.25) is 0 Å². The van der Waals surface area contributed by atoms with Crippen molar-refractivity contribution in [2.75, 3.05) is 27.7 Å². The maximum absolute atomic E-state index is 2.27. The third kappa shape index (κ3) is 4.09. The molecule has 1 aromatic carbocycles. The highest BCUT2D eigenvalue weighted by Crippen LogP contribution is 2.06. The summed E-state index contributed by atoms with van der Waals surface area (Å²) in [5, 5.41) is 0. The molecule has 1 aromatic rings. The summed E-state index contributed by atoms with van der Waals surface area (Å²) in [6.45, 7) is 3.35. The van der Waals surface area contributed by atoms with E-state index in [1.807, 2.05) is 0 Å². The zero-order chi connectivity index (χ0) is 9.90. The van der Waals surface area contributed by atoms with E-state index in [-0.39, 0.29) is 0 Å². The Balaban J connectivity index is 2.55. The Bertz CT molecular complexity index is 271.